The number of hydrogen-bond donors (Lipinski definition) is 1. The van der Waals surface area contributed by atoms with Gasteiger partial charge in [0.15, 0.2) is 0 Å². The summed E-state index contributed by atoms with van der Waals surface area (Å²) in [6.45, 7) is 1.27. The lowest BCUT2D eigenvalue weighted by molar-refractivity contribution is 0.155. The Kier molecular flexibility index (Phi) is 5.54. The van der Waals surface area contributed by atoms with Crippen LogP contribution in [0.4, 0.5) is 4.79 Å². The first-order chi connectivity index (χ1) is 11.2. The highest BCUT2D eigenvalue weighted by molar-refractivity contribution is 7.99. The van der Waals surface area contributed by atoms with E-state index in [2.05, 4.69) is 11.6 Å². The number of carbonyl (C=O) groups is 1. The lowest BCUT2D eigenvalue weighted by Gasteiger charge is -2.25. The minimum absolute atomic E-state index is 0.0540. The lowest BCUT2D eigenvalue weighted by atomic mass is 10.2. The number of carbonyl (C=O) groups excluding carboxylic acids is 1. The van der Waals surface area contributed by atoms with Crippen LogP contribution in [0.25, 0.3) is 0 Å². The molecule has 128 valence electrons. The fourth-order valence-corrected chi connectivity index (χ4v) is 4.44. The first-order valence-corrected chi connectivity index (χ1v) is 9.67. The summed E-state index contributed by atoms with van der Waals surface area (Å²) < 4.78 is 10.9. The third-order valence-electron chi connectivity index (χ3n) is 4.86. The zero-order valence-corrected chi connectivity index (χ0v) is 14.7. The van der Waals surface area contributed by atoms with Crippen molar-refractivity contribution >= 4 is 17.8 Å². The minimum atomic E-state index is 0.0540. The maximum atomic E-state index is 12.7. The molecule has 0 spiro atoms. The maximum Gasteiger partial charge on any atom is 0.318 e. The van der Waals surface area contributed by atoms with Crippen molar-refractivity contribution in [1.82, 2.24) is 10.2 Å². The number of furan rings is 1. The number of ether oxygens (including phenoxy) is 1. The molecule has 1 aromatic heterocycles. The second-order valence-corrected chi connectivity index (χ2v) is 7.54. The molecule has 1 saturated carbocycles. The summed E-state index contributed by atoms with van der Waals surface area (Å²) in [6, 6.07) is 4.35. The van der Waals surface area contributed by atoms with Gasteiger partial charge in [-0.05, 0) is 50.5 Å². The molecule has 1 aliphatic carbocycles. The van der Waals surface area contributed by atoms with Crippen LogP contribution < -0.4 is 5.32 Å². The highest BCUT2D eigenvalue weighted by atomic mass is 32.2. The molecule has 2 heterocycles. The van der Waals surface area contributed by atoms with Crippen molar-refractivity contribution in [3.8, 4) is 0 Å². The fraction of sp³-hybridized carbons (Fsp3) is 0.706. The third-order valence-corrected chi connectivity index (χ3v) is 5.95. The molecule has 3 rings (SSSR count). The molecule has 2 aliphatic rings. The van der Waals surface area contributed by atoms with E-state index >= 15 is 0 Å². The Balaban J connectivity index is 1.60. The van der Waals surface area contributed by atoms with Crippen molar-refractivity contribution in [1.29, 1.82) is 0 Å². The van der Waals surface area contributed by atoms with E-state index in [4.69, 9.17) is 9.15 Å². The molecular weight excluding hydrogens is 312 g/mol. The van der Waals surface area contributed by atoms with Gasteiger partial charge in [-0.2, -0.15) is 11.8 Å². The number of rotatable bonds is 5. The number of methoxy groups -OCH3 is 1. The van der Waals surface area contributed by atoms with Gasteiger partial charge < -0.3 is 19.4 Å². The average molecular weight is 338 g/mol. The monoisotopic (exact) mass is 338 g/mol. The maximum absolute atomic E-state index is 12.7. The molecule has 6 heteroatoms. The number of thioether (sulfide) groups is 1. The predicted octanol–water partition coefficient (Wildman–Crippen LogP) is 3.56. The summed E-state index contributed by atoms with van der Waals surface area (Å²) in [4.78, 5) is 14.6. The van der Waals surface area contributed by atoms with Crippen LogP contribution in [0.2, 0.25) is 0 Å². The topological polar surface area (TPSA) is 54.7 Å². The molecule has 0 bridgehead atoms. The second-order valence-electron chi connectivity index (χ2n) is 6.41. The van der Waals surface area contributed by atoms with Gasteiger partial charge >= 0.3 is 6.03 Å². The van der Waals surface area contributed by atoms with Gasteiger partial charge in [0.2, 0.25) is 0 Å². The van der Waals surface area contributed by atoms with Crippen LogP contribution in [0.15, 0.2) is 16.5 Å². The zero-order valence-electron chi connectivity index (χ0n) is 13.9. The van der Waals surface area contributed by atoms with Gasteiger partial charge in [-0.25, -0.2) is 4.79 Å². The number of amides is 2. The highest BCUT2D eigenvalue weighted by Crippen LogP contribution is 2.34. The van der Waals surface area contributed by atoms with Crippen LogP contribution in [0, 0.1) is 0 Å². The summed E-state index contributed by atoms with van der Waals surface area (Å²) >= 11 is 1.91. The Bertz CT molecular complexity index is 534. The summed E-state index contributed by atoms with van der Waals surface area (Å²) in [6.07, 6.45) is 7.52. The van der Waals surface area contributed by atoms with Crippen molar-refractivity contribution in [3.63, 3.8) is 0 Å². The van der Waals surface area contributed by atoms with Gasteiger partial charge in [0, 0.05) is 24.9 Å². The zero-order chi connectivity index (χ0) is 16.2. The number of urea groups is 1. The number of hydrogen-bond acceptors (Lipinski definition) is 4. The van der Waals surface area contributed by atoms with E-state index < -0.39 is 0 Å². The SMILES string of the molecule is COCc1ccc(C2CCCN2C(=O)NC2CCC(SC)C2)o1. The van der Waals surface area contributed by atoms with Crippen LogP contribution in [0.1, 0.15) is 49.7 Å². The minimum Gasteiger partial charge on any atom is -0.461 e. The first kappa shape index (κ1) is 16.7. The Hall–Kier alpha value is -1.14. The van der Waals surface area contributed by atoms with E-state index in [0.717, 1.165) is 43.7 Å². The van der Waals surface area contributed by atoms with Crippen molar-refractivity contribution in [2.75, 3.05) is 19.9 Å². The van der Waals surface area contributed by atoms with Crippen molar-refractivity contribution in [2.24, 2.45) is 0 Å². The van der Waals surface area contributed by atoms with Gasteiger partial charge in [-0.3, -0.25) is 0 Å². The Morgan fingerprint density at radius 1 is 1.43 bits per heavy atom. The molecule has 1 saturated heterocycles. The molecule has 1 N–H and O–H groups in total. The van der Waals surface area contributed by atoms with E-state index in [0.29, 0.717) is 17.9 Å². The lowest BCUT2D eigenvalue weighted by Crippen LogP contribution is -2.43. The molecule has 5 nitrogen and oxygen atoms in total. The van der Waals surface area contributed by atoms with Gasteiger partial charge in [-0.1, -0.05) is 0 Å². The normalized spacial score (nSPS) is 27.6. The largest absolute Gasteiger partial charge is 0.461 e. The Morgan fingerprint density at radius 2 is 2.30 bits per heavy atom. The van der Waals surface area contributed by atoms with Gasteiger partial charge in [0.1, 0.15) is 18.1 Å². The molecule has 1 aliphatic heterocycles. The molecule has 0 aromatic carbocycles. The number of nitrogens with one attached hydrogen (secondary N) is 1. The average Bonchev–Trinajstić information content (AvgIpc) is 3.27. The Labute approximate surface area is 142 Å². The summed E-state index contributed by atoms with van der Waals surface area (Å²) in [5, 5.41) is 3.92. The number of likely N-dealkylation sites (tertiary alicyclic amines) is 1. The number of nitrogens with zero attached hydrogens (tertiary/aromatic N) is 1. The smallest absolute Gasteiger partial charge is 0.318 e. The molecule has 2 amide bonds. The molecular formula is C17H26N2O3S. The fourth-order valence-electron chi connectivity index (χ4n) is 3.64. The Morgan fingerprint density at radius 3 is 3.04 bits per heavy atom. The first-order valence-electron chi connectivity index (χ1n) is 8.38. The van der Waals surface area contributed by atoms with Gasteiger partial charge in [-0.15, -0.1) is 0 Å². The predicted molar refractivity (Wildman–Crippen MR) is 91.6 cm³/mol. The van der Waals surface area contributed by atoms with Crippen molar-refractivity contribution in [3.05, 3.63) is 23.7 Å². The molecule has 2 fully saturated rings. The van der Waals surface area contributed by atoms with Crippen molar-refractivity contribution in [2.45, 2.75) is 56.0 Å². The molecule has 0 radical (unpaired) electrons. The van der Waals surface area contributed by atoms with Gasteiger partial charge in [0.05, 0.1) is 6.04 Å². The highest BCUT2D eigenvalue weighted by Gasteiger charge is 2.34. The van der Waals surface area contributed by atoms with E-state index in [-0.39, 0.29) is 12.1 Å². The van der Waals surface area contributed by atoms with E-state index in [1.54, 1.807) is 7.11 Å². The molecule has 23 heavy (non-hydrogen) atoms. The van der Waals surface area contributed by atoms with E-state index in [1.807, 2.05) is 28.8 Å². The van der Waals surface area contributed by atoms with Crippen LogP contribution in [0.3, 0.4) is 0 Å². The van der Waals surface area contributed by atoms with Crippen LogP contribution >= 0.6 is 11.8 Å². The van der Waals surface area contributed by atoms with Gasteiger partial charge in [0.25, 0.3) is 0 Å². The summed E-state index contributed by atoms with van der Waals surface area (Å²) in [5.74, 6) is 1.69. The molecule has 1 aromatic rings. The van der Waals surface area contributed by atoms with Crippen molar-refractivity contribution < 1.29 is 13.9 Å². The van der Waals surface area contributed by atoms with E-state index in [9.17, 15) is 4.79 Å². The molecule has 3 atom stereocenters. The van der Waals surface area contributed by atoms with E-state index in [1.165, 1.54) is 6.42 Å². The quantitative estimate of drug-likeness (QED) is 0.892. The summed E-state index contributed by atoms with van der Waals surface area (Å²) in [5.41, 5.74) is 0. The van der Waals surface area contributed by atoms with Crippen LogP contribution in [-0.4, -0.2) is 42.1 Å². The standard InChI is InChI=1S/C17H26N2O3S/c1-21-11-13-6-8-16(22-13)15-4-3-9-19(15)17(20)18-12-5-7-14(10-12)23-2/h6,8,12,14-15H,3-5,7,9-11H2,1-2H3,(H,18,20). The van der Waals surface area contributed by atoms with Crippen LogP contribution in [0.5, 0.6) is 0 Å². The molecule has 3 unspecified atom stereocenters. The second kappa shape index (κ2) is 7.62. The summed E-state index contributed by atoms with van der Waals surface area (Å²) in [7, 11) is 1.65. The third kappa shape index (κ3) is 3.86. The van der Waals surface area contributed by atoms with Crippen LogP contribution in [-0.2, 0) is 11.3 Å².